The van der Waals surface area contributed by atoms with Crippen LogP contribution >= 0.6 is 0 Å². The van der Waals surface area contributed by atoms with Gasteiger partial charge >= 0.3 is 5.97 Å². The summed E-state index contributed by atoms with van der Waals surface area (Å²) in [6.45, 7) is 0.186. The number of esters is 1. The fourth-order valence-corrected chi connectivity index (χ4v) is 1.61. The van der Waals surface area contributed by atoms with Crippen molar-refractivity contribution < 1.29 is 9.53 Å². The number of benzene rings is 1. The fourth-order valence-electron chi connectivity index (χ4n) is 1.61. The largest absolute Gasteiger partial charge is 0.468 e. The molecule has 1 aromatic carbocycles. The standard InChI is InChI=1S/C12H10N2O2/c1-16-12(15)8-14-5-4-10-6-9(7-13)2-3-11(10)14/h2-6H,8H2,1H3. The van der Waals surface area contributed by atoms with Gasteiger partial charge in [-0.15, -0.1) is 0 Å². The number of aromatic nitrogens is 1. The average Bonchev–Trinajstić information content (AvgIpc) is 2.71. The molecule has 0 fully saturated rings. The molecule has 16 heavy (non-hydrogen) atoms. The summed E-state index contributed by atoms with van der Waals surface area (Å²) >= 11 is 0. The van der Waals surface area contributed by atoms with Gasteiger partial charge in [-0.25, -0.2) is 0 Å². The van der Waals surface area contributed by atoms with Crippen LogP contribution < -0.4 is 0 Å². The molecule has 2 aromatic rings. The first-order valence-electron chi connectivity index (χ1n) is 4.80. The van der Waals surface area contributed by atoms with Crippen molar-refractivity contribution in [3.63, 3.8) is 0 Å². The zero-order valence-corrected chi connectivity index (χ0v) is 8.80. The molecule has 4 nitrogen and oxygen atoms in total. The average molecular weight is 214 g/mol. The highest BCUT2D eigenvalue weighted by molar-refractivity contribution is 5.83. The van der Waals surface area contributed by atoms with Gasteiger partial charge in [0.15, 0.2) is 0 Å². The first kappa shape index (κ1) is 10.2. The molecule has 2 rings (SSSR count). The van der Waals surface area contributed by atoms with Crippen LogP contribution in [0.4, 0.5) is 0 Å². The summed E-state index contributed by atoms with van der Waals surface area (Å²) in [7, 11) is 1.36. The molecular formula is C12H10N2O2. The lowest BCUT2D eigenvalue weighted by atomic mass is 10.2. The molecule has 0 bridgehead atoms. The molecule has 0 radical (unpaired) electrons. The highest BCUT2D eigenvalue weighted by atomic mass is 16.5. The lowest BCUT2D eigenvalue weighted by Crippen LogP contribution is -2.10. The van der Waals surface area contributed by atoms with E-state index in [1.165, 1.54) is 7.11 Å². The molecule has 1 heterocycles. The normalized spacial score (nSPS) is 10.0. The number of carbonyl (C=O) groups is 1. The first-order valence-corrected chi connectivity index (χ1v) is 4.80. The van der Waals surface area contributed by atoms with Crippen molar-refractivity contribution >= 4 is 16.9 Å². The van der Waals surface area contributed by atoms with E-state index in [0.717, 1.165) is 10.9 Å². The summed E-state index contributed by atoms with van der Waals surface area (Å²) in [6, 6.07) is 9.31. The van der Waals surface area contributed by atoms with E-state index >= 15 is 0 Å². The van der Waals surface area contributed by atoms with E-state index < -0.39 is 0 Å². The zero-order chi connectivity index (χ0) is 11.5. The topological polar surface area (TPSA) is 55.0 Å². The van der Waals surface area contributed by atoms with Crippen LogP contribution in [0.2, 0.25) is 0 Å². The molecule has 80 valence electrons. The molecule has 0 aliphatic rings. The molecule has 1 aromatic heterocycles. The minimum absolute atomic E-state index is 0.186. The molecule has 4 heteroatoms. The van der Waals surface area contributed by atoms with Crippen LogP contribution in [0.5, 0.6) is 0 Å². The number of nitrogens with zero attached hydrogens (tertiary/aromatic N) is 2. The highest BCUT2D eigenvalue weighted by Gasteiger charge is 2.06. The molecular weight excluding hydrogens is 204 g/mol. The smallest absolute Gasteiger partial charge is 0.325 e. The number of fused-ring (bicyclic) bond motifs is 1. The lowest BCUT2D eigenvalue weighted by Gasteiger charge is -2.03. The number of ether oxygens (including phenoxy) is 1. The van der Waals surface area contributed by atoms with Gasteiger partial charge in [0.05, 0.1) is 18.7 Å². The third-order valence-corrected chi connectivity index (χ3v) is 2.43. The van der Waals surface area contributed by atoms with Crippen molar-refractivity contribution in [2.45, 2.75) is 6.54 Å². The summed E-state index contributed by atoms with van der Waals surface area (Å²) in [5, 5.41) is 9.70. The van der Waals surface area contributed by atoms with Crippen LogP contribution in [-0.2, 0) is 16.1 Å². The van der Waals surface area contributed by atoms with Crippen molar-refractivity contribution in [3.8, 4) is 6.07 Å². The van der Waals surface area contributed by atoms with Crippen LogP contribution in [-0.4, -0.2) is 17.6 Å². The van der Waals surface area contributed by atoms with Gasteiger partial charge in [0, 0.05) is 17.1 Å². The molecule has 0 saturated heterocycles. The number of carbonyl (C=O) groups excluding carboxylic acids is 1. The second kappa shape index (κ2) is 4.07. The Hall–Kier alpha value is -2.28. The van der Waals surface area contributed by atoms with Gasteiger partial charge in [0.1, 0.15) is 6.54 Å². The zero-order valence-electron chi connectivity index (χ0n) is 8.80. The molecule has 0 N–H and O–H groups in total. The van der Waals surface area contributed by atoms with Crippen molar-refractivity contribution in [1.29, 1.82) is 5.26 Å². The van der Waals surface area contributed by atoms with Crippen LogP contribution in [0.15, 0.2) is 30.5 Å². The van der Waals surface area contributed by atoms with E-state index in [2.05, 4.69) is 10.8 Å². The SMILES string of the molecule is COC(=O)Cn1ccc2cc(C#N)ccc21. The molecule has 0 amide bonds. The van der Waals surface area contributed by atoms with Gasteiger partial charge in [0.2, 0.25) is 0 Å². The Morgan fingerprint density at radius 2 is 2.31 bits per heavy atom. The van der Waals surface area contributed by atoms with E-state index in [-0.39, 0.29) is 12.5 Å². The maximum atomic E-state index is 11.2. The predicted molar refractivity (Wildman–Crippen MR) is 58.7 cm³/mol. The van der Waals surface area contributed by atoms with Crippen LogP contribution in [0.25, 0.3) is 10.9 Å². The van der Waals surface area contributed by atoms with E-state index in [1.807, 2.05) is 18.3 Å². The third-order valence-electron chi connectivity index (χ3n) is 2.43. The Balaban J connectivity index is 2.42. The van der Waals surface area contributed by atoms with Crippen LogP contribution in [0, 0.1) is 11.3 Å². The number of nitriles is 1. The Labute approximate surface area is 92.7 Å². The van der Waals surface area contributed by atoms with Crippen molar-refractivity contribution in [1.82, 2.24) is 4.57 Å². The number of hydrogen-bond acceptors (Lipinski definition) is 3. The summed E-state index contributed by atoms with van der Waals surface area (Å²) in [4.78, 5) is 11.2. The van der Waals surface area contributed by atoms with Crippen molar-refractivity contribution in [2.24, 2.45) is 0 Å². The van der Waals surface area contributed by atoms with Crippen molar-refractivity contribution in [3.05, 3.63) is 36.0 Å². The summed E-state index contributed by atoms with van der Waals surface area (Å²) in [5.41, 5.74) is 1.53. The van der Waals surface area contributed by atoms with Gasteiger partial charge in [0.25, 0.3) is 0 Å². The Kier molecular flexibility index (Phi) is 2.61. The molecule has 0 atom stereocenters. The third kappa shape index (κ3) is 1.75. The highest BCUT2D eigenvalue weighted by Crippen LogP contribution is 2.17. The van der Waals surface area contributed by atoms with Gasteiger partial charge in [-0.1, -0.05) is 0 Å². The number of methoxy groups -OCH3 is 1. The fraction of sp³-hybridized carbons (Fsp3) is 0.167. The molecule has 0 saturated carbocycles. The van der Waals surface area contributed by atoms with Gasteiger partial charge in [-0.05, 0) is 24.3 Å². The van der Waals surface area contributed by atoms with Crippen LogP contribution in [0.3, 0.4) is 0 Å². The van der Waals surface area contributed by atoms with Crippen molar-refractivity contribution in [2.75, 3.05) is 7.11 Å². The minimum atomic E-state index is -0.290. The van der Waals surface area contributed by atoms with Gasteiger partial charge < -0.3 is 9.30 Å². The van der Waals surface area contributed by atoms with Gasteiger partial charge in [-0.2, -0.15) is 5.26 Å². The Bertz CT molecular complexity index is 578. The lowest BCUT2D eigenvalue weighted by molar-refractivity contribution is -0.141. The Morgan fingerprint density at radius 1 is 1.50 bits per heavy atom. The molecule has 0 aliphatic heterocycles. The predicted octanol–water partition coefficient (Wildman–Crippen LogP) is 1.69. The van der Waals surface area contributed by atoms with E-state index in [9.17, 15) is 4.79 Å². The second-order valence-corrected chi connectivity index (χ2v) is 3.41. The van der Waals surface area contributed by atoms with Gasteiger partial charge in [-0.3, -0.25) is 4.79 Å². The summed E-state index contributed by atoms with van der Waals surface area (Å²) in [5.74, 6) is -0.290. The maximum absolute atomic E-state index is 11.2. The first-order chi connectivity index (χ1) is 7.74. The molecule has 0 aliphatic carbocycles. The number of hydrogen-bond donors (Lipinski definition) is 0. The Morgan fingerprint density at radius 3 is 3.00 bits per heavy atom. The monoisotopic (exact) mass is 214 g/mol. The second-order valence-electron chi connectivity index (χ2n) is 3.41. The maximum Gasteiger partial charge on any atom is 0.325 e. The number of rotatable bonds is 2. The van der Waals surface area contributed by atoms with E-state index in [4.69, 9.17) is 5.26 Å². The van der Waals surface area contributed by atoms with Crippen LogP contribution in [0.1, 0.15) is 5.56 Å². The summed E-state index contributed by atoms with van der Waals surface area (Å²) < 4.78 is 6.40. The van der Waals surface area contributed by atoms with E-state index in [1.54, 1.807) is 16.7 Å². The molecule has 0 unspecified atom stereocenters. The molecule has 0 spiro atoms. The minimum Gasteiger partial charge on any atom is -0.468 e. The van der Waals surface area contributed by atoms with E-state index in [0.29, 0.717) is 5.56 Å². The summed E-state index contributed by atoms with van der Waals surface area (Å²) in [6.07, 6.45) is 1.81. The quantitative estimate of drug-likeness (QED) is 0.715.